The first-order chi connectivity index (χ1) is 16.3. The highest BCUT2D eigenvalue weighted by atomic mass is 35.5. The molecular formula is C22H35ClFN7O3. The quantitative estimate of drug-likeness (QED) is 0.174. The van der Waals surface area contributed by atoms with E-state index in [0.717, 1.165) is 51.6 Å². The lowest BCUT2D eigenvalue weighted by molar-refractivity contribution is -0.154. The fraction of sp³-hybridized carbons (Fsp3) is 0.727. The van der Waals surface area contributed by atoms with Gasteiger partial charge in [0, 0.05) is 19.1 Å². The van der Waals surface area contributed by atoms with E-state index in [1.54, 1.807) is 0 Å². The van der Waals surface area contributed by atoms with E-state index in [1.807, 2.05) is 11.9 Å². The minimum Gasteiger partial charge on any atom is -0.350 e. The molecule has 3 rings (SSSR count). The number of nitrogens with one attached hydrogen (secondary N) is 2. The summed E-state index contributed by atoms with van der Waals surface area (Å²) < 4.78 is 15.4. The molecule has 190 valence electrons. The molecule has 2 atom stereocenters. The van der Waals surface area contributed by atoms with Crippen molar-refractivity contribution in [1.82, 2.24) is 25.4 Å². The molecule has 1 aromatic heterocycles. The number of amides is 2. The molecule has 0 bridgehead atoms. The average Bonchev–Trinajstić information content (AvgIpc) is 3.50. The zero-order valence-electron chi connectivity index (χ0n) is 19.8. The molecule has 2 heterocycles. The summed E-state index contributed by atoms with van der Waals surface area (Å²) >= 11 is 6.10. The molecule has 10 nitrogen and oxygen atoms in total. The van der Waals surface area contributed by atoms with E-state index in [4.69, 9.17) is 11.6 Å². The predicted octanol–water partition coefficient (Wildman–Crippen LogP) is 2.68. The lowest BCUT2D eigenvalue weighted by atomic mass is 9.92. The summed E-state index contributed by atoms with van der Waals surface area (Å²) in [6.45, 7) is 4.23. The van der Waals surface area contributed by atoms with E-state index in [1.165, 1.54) is 0 Å². The molecule has 2 aliphatic rings. The van der Waals surface area contributed by atoms with E-state index < -0.39 is 17.6 Å². The summed E-state index contributed by atoms with van der Waals surface area (Å²) in [4.78, 5) is 35.9. The Morgan fingerprint density at radius 3 is 2.74 bits per heavy atom. The standard InChI is InChI=1S/C22H35ClFN7O3/c1-3-29(2)13-17-9-6-10-31(17)20-18(24)19(25-22(23)26-20)27-28-21(33)16(12-30(34)14-32)11-15-7-4-5-8-15/h14-17,34H,3-13H2,1-2H3,(H,28,33)(H,25,26,27)/t16-,17-/m0/s1. The molecule has 1 saturated heterocycles. The second kappa shape index (κ2) is 12.5. The van der Waals surface area contributed by atoms with Crippen molar-refractivity contribution in [3.05, 3.63) is 11.1 Å². The molecule has 1 aliphatic carbocycles. The van der Waals surface area contributed by atoms with Gasteiger partial charge in [0.05, 0.1) is 12.5 Å². The summed E-state index contributed by atoms with van der Waals surface area (Å²) in [6, 6.07) is 0.0996. The third-order valence-electron chi connectivity index (χ3n) is 6.81. The topological polar surface area (TPSA) is 114 Å². The molecule has 0 unspecified atom stereocenters. The number of likely N-dealkylation sites (N-methyl/N-ethyl adjacent to an activating group) is 1. The molecule has 0 radical (unpaired) electrons. The van der Waals surface area contributed by atoms with Crippen molar-refractivity contribution < 1.29 is 19.2 Å². The smallest absolute Gasteiger partial charge is 0.243 e. The molecule has 1 aliphatic heterocycles. The molecule has 1 aromatic rings. The molecule has 1 saturated carbocycles. The number of hydrogen-bond acceptors (Lipinski definition) is 8. The van der Waals surface area contributed by atoms with Crippen LogP contribution in [0.3, 0.4) is 0 Å². The van der Waals surface area contributed by atoms with Crippen LogP contribution in [0.25, 0.3) is 0 Å². The van der Waals surface area contributed by atoms with Crippen molar-refractivity contribution in [1.29, 1.82) is 0 Å². The highest BCUT2D eigenvalue weighted by molar-refractivity contribution is 6.28. The van der Waals surface area contributed by atoms with Gasteiger partial charge in [-0.25, -0.2) is 5.06 Å². The van der Waals surface area contributed by atoms with Crippen molar-refractivity contribution in [3.63, 3.8) is 0 Å². The van der Waals surface area contributed by atoms with Crippen molar-refractivity contribution in [3.8, 4) is 0 Å². The van der Waals surface area contributed by atoms with Gasteiger partial charge in [-0.3, -0.25) is 25.6 Å². The van der Waals surface area contributed by atoms with Crippen LogP contribution in [-0.2, 0) is 9.59 Å². The molecule has 0 spiro atoms. The number of halogens is 2. The molecular weight excluding hydrogens is 465 g/mol. The largest absolute Gasteiger partial charge is 0.350 e. The first-order valence-electron chi connectivity index (χ1n) is 12.0. The van der Waals surface area contributed by atoms with E-state index in [2.05, 4.69) is 32.6 Å². The number of anilines is 2. The zero-order chi connectivity index (χ0) is 24.7. The van der Waals surface area contributed by atoms with Crippen LogP contribution in [0.5, 0.6) is 0 Å². The van der Waals surface area contributed by atoms with Gasteiger partial charge in [-0.05, 0) is 50.4 Å². The lowest BCUT2D eigenvalue weighted by Crippen LogP contribution is -2.42. The maximum Gasteiger partial charge on any atom is 0.243 e. The van der Waals surface area contributed by atoms with Crippen molar-refractivity contribution in [2.24, 2.45) is 11.8 Å². The Bertz CT molecular complexity index is 843. The number of hydrazine groups is 1. The van der Waals surface area contributed by atoms with Crippen LogP contribution in [0.2, 0.25) is 5.28 Å². The maximum atomic E-state index is 15.4. The van der Waals surface area contributed by atoms with Gasteiger partial charge in [-0.2, -0.15) is 14.4 Å². The van der Waals surface area contributed by atoms with Gasteiger partial charge in [0.1, 0.15) is 0 Å². The maximum absolute atomic E-state index is 15.4. The van der Waals surface area contributed by atoms with Gasteiger partial charge >= 0.3 is 0 Å². The predicted molar refractivity (Wildman–Crippen MR) is 127 cm³/mol. The minimum atomic E-state index is -0.695. The Morgan fingerprint density at radius 1 is 1.32 bits per heavy atom. The monoisotopic (exact) mass is 499 g/mol. The van der Waals surface area contributed by atoms with Crippen molar-refractivity contribution in [2.45, 2.75) is 57.9 Å². The first kappa shape index (κ1) is 26.4. The number of hydroxylamine groups is 2. The van der Waals surface area contributed by atoms with Gasteiger partial charge < -0.3 is 9.80 Å². The van der Waals surface area contributed by atoms with Crippen LogP contribution in [0, 0.1) is 17.7 Å². The van der Waals surface area contributed by atoms with Gasteiger partial charge in [0.2, 0.25) is 23.4 Å². The van der Waals surface area contributed by atoms with E-state index in [9.17, 15) is 14.8 Å². The summed E-state index contributed by atoms with van der Waals surface area (Å²) in [5.74, 6) is -1.59. The first-order valence-corrected chi connectivity index (χ1v) is 12.3. The highest BCUT2D eigenvalue weighted by Gasteiger charge is 2.31. The minimum absolute atomic E-state index is 0.0996. The number of nitrogens with zero attached hydrogens (tertiary/aromatic N) is 5. The van der Waals surface area contributed by atoms with Gasteiger partial charge in [0.15, 0.2) is 11.6 Å². The fourth-order valence-electron chi connectivity index (χ4n) is 4.88. The zero-order valence-corrected chi connectivity index (χ0v) is 20.6. The van der Waals surface area contributed by atoms with Crippen LogP contribution >= 0.6 is 11.6 Å². The van der Waals surface area contributed by atoms with E-state index in [0.29, 0.717) is 23.9 Å². The number of aromatic nitrogens is 2. The van der Waals surface area contributed by atoms with Crippen molar-refractivity contribution >= 4 is 35.6 Å². The molecule has 0 aromatic carbocycles. The number of carbonyl (C=O) groups excluding carboxylic acids is 2. The van der Waals surface area contributed by atoms with E-state index in [-0.39, 0.29) is 35.9 Å². The van der Waals surface area contributed by atoms with Crippen LogP contribution < -0.4 is 15.8 Å². The highest BCUT2D eigenvalue weighted by Crippen LogP contribution is 2.32. The Kier molecular flexibility index (Phi) is 9.66. The Morgan fingerprint density at radius 2 is 2.06 bits per heavy atom. The normalized spacial score (nSPS) is 19.5. The Hall–Kier alpha value is -2.24. The number of carbonyl (C=O) groups is 2. The lowest BCUT2D eigenvalue weighted by Gasteiger charge is -2.29. The second-order valence-corrected chi connectivity index (χ2v) is 9.59. The van der Waals surface area contributed by atoms with Gasteiger partial charge in [0.25, 0.3) is 0 Å². The summed E-state index contributed by atoms with van der Waals surface area (Å²) in [7, 11) is 2.02. The Labute approximate surface area is 204 Å². The molecule has 2 amide bonds. The average molecular weight is 500 g/mol. The number of hydrogen-bond donors (Lipinski definition) is 3. The van der Waals surface area contributed by atoms with Gasteiger partial charge in [-0.1, -0.05) is 32.6 Å². The second-order valence-electron chi connectivity index (χ2n) is 9.25. The van der Waals surface area contributed by atoms with Crippen LogP contribution in [-0.4, -0.2) is 76.7 Å². The fourth-order valence-corrected chi connectivity index (χ4v) is 5.04. The Balaban J connectivity index is 1.71. The van der Waals surface area contributed by atoms with Crippen LogP contribution in [0.1, 0.15) is 51.9 Å². The molecule has 12 heteroatoms. The summed E-state index contributed by atoms with van der Waals surface area (Å²) in [5, 5.41) is 9.96. The molecule has 3 N–H and O–H groups in total. The third-order valence-corrected chi connectivity index (χ3v) is 6.98. The van der Waals surface area contributed by atoms with Crippen LogP contribution in [0.15, 0.2) is 0 Å². The van der Waals surface area contributed by atoms with Crippen molar-refractivity contribution in [2.75, 3.05) is 43.6 Å². The SMILES string of the molecule is CCN(C)C[C@@H]1CCCN1c1nc(Cl)nc(NNC(=O)[C@@H](CC2CCCC2)CN(O)C=O)c1F. The van der Waals surface area contributed by atoms with Gasteiger partial charge in [-0.15, -0.1) is 0 Å². The molecule has 34 heavy (non-hydrogen) atoms. The molecule has 2 fully saturated rings. The third kappa shape index (κ3) is 6.89. The van der Waals surface area contributed by atoms with E-state index >= 15 is 4.39 Å². The van der Waals surface area contributed by atoms with Crippen LogP contribution in [0.4, 0.5) is 16.0 Å². The number of rotatable bonds is 12. The summed E-state index contributed by atoms with van der Waals surface area (Å²) in [6.07, 6.45) is 6.85. The summed E-state index contributed by atoms with van der Waals surface area (Å²) in [5.41, 5.74) is 5.03.